The third-order valence-corrected chi connectivity index (χ3v) is 5.01. The maximum atomic E-state index is 12.7. The van der Waals surface area contributed by atoms with E-state index in [4.69, 9.17) is 4.74 Å². The van der Waals surface area contributed by atoms with Crippen LogP contribution in [0.3, 0.4) is 0 Å². The number of aromatic nitrogens is 1. The summed E-state index contributed by atoms with van der Waals surface area (Å²) in [6.45, 7) is 1.75. The first-order valence-corrected chi connectivity index (χ1v) is 8.68. The number of methoxy groups -OCH3 is 1. The van der Waals surface area contributed by atoms with E-state index >= 15 is 0 Å². The fourth-order valence-electron chi connectivity index (χ4n) is 2.50. The molecule has 124 valence electrons. The highest BCUT2D eigenvalue weighted by Crippen LogP contribution is 2.29. The number of hydrogen-bond donors (Lipinski definition) is 2. The Labute approximate surface area is 139 Å². The van der Waals surface area contributed by atoms with E-state index in [9.17, 15) is 13.2 Å². The van der Waals surface area contributed by atoms with E-state index in [-0.39, 0.29) is 10.5 Å². The molecule has 2 N–H and O–H groups in total. The van der Waals surface area contributed by atoms with Crippen LogP contribution >= 0.6 is 0 Å². The van der Waals surface area contributed by atoms with Crippen molar-refractivity contribution in [3.8, 4) is 5.75 Å². The van der Waals surface area contributed by atoms with Crippen molar-refractivity contribution in [2.24, 2.45) is 0 Å². The minimum atomic E-state index is -3.79. The van der Waals surface area contributed by atoms with E-state index in [1.165, 1.54) is 25.3 Å². The Hall–Kier alpha value is -2.80. The zero-order valence-corrected chi connectivity index (χ0v) is 14.0. The quantitative estimate of drug-likeness (QED) is 0.761. The number of anilines is 1. The van der Waals surface area contributed by atoms with E-state index in [2.05, 4.69) is 9.71 Å². The molecular weight excluding hydrogens is 328 g/mol. The van der Waals surface area contributed by atoms with Gasteiger partial charge in [-0.2, -0.15) is 0 Å². The Balaban J connectivity index is 2.18. The van der Waals surface area contributed by atoms with Crippen LogP contribution in [-0.4, -0.2) is 20.5 Å². The maximum absolute atomic E-state index is 12.7. The molecule has 0 saturated carbocycles. The summed E-state index contributed by atoms with van der Waals surface area (Å²) < 4.78 is 33.1. The fraction of sp³-hybridized carbons (Fsp3) is 0.118. The Kier molecular flexibility index (Phi) is 4.02. The summed E-state index contributed by atoms with van der Waals surface area (Å²) in [5, 5.41) is 0.613. The number of ether oxygens (including phenoxy) is 1. The molecule has 6 nitrogen and oxygen atoms in total. The number of fused-ring (bicyclic) bond motifs is 1. The normalized spacial score (nSPS) is 11.4. The van der Waals surface area contributed by atoms with E-state index in [1.807, 2.05) is 0 Å². The highest BCUT2D eigenvalue weighted by Gasteiger charge is 2.18. The lowest BCUT2D eigenvalue weighted by molar-refractivity contribution is 0.417. The van der Waals surface area contributed by atoms with Gasteiger partial charge in [-0.3, -0.25) is 9.52 Å². The predicted molar refractivity (Wildman–Crippen MR) is 93.1 cm³/mol. The average molecular weight is 344 g/mol. The molecular formula is C17H16N2O4S. The van der Waals surface area contributed by atoms with Crippen LogP contribution in [0.25, 0.3) is 10.9 Å². The number of H-pyrrole nitrogens is 1. The van der Waals surface area contributed by atoms with Crippen LogP contribution in [0.15, 0.2) is 58.2 Å². The van der Waals surface area contributed by atoms with Crippen molar-refractivity contribution in [2.75, 3.05) is 11.8 Å². The van der Waals surface area contributed by atoms with Crippen LogP contribution < -0.4 is 15.0 Å². The summed E-state index contributed by atoms with van der Waals surface area (Å²) in [6, 6.07) is 13.0. The summed E-state index contributed by atoms with van der Waals surface area (Å²) in [5.41, 5.74) is 1.34. The van der Waals surface area contributed by atoms with E-state index < -0.39 is 10.0 Å². The summed E-state index contributed by atoms with van der Waals surface area (Å²) in [5.74, 6) is 0.293. The van der Waals surface area contributed by atoms with E-state index in [1.54, 1.807) is 37.3 Å². The van der Waals surface area contributed by atoms with Crippen molar-refractivity contribution in [1.82, 2.24) is 4.98 Å². The molecule has 3 aromatic rings. The minimum Gasteiger partial charge on any atom is -0.495 e. The van der Waals surface area contributed by atoms with Crippen molar-refractivity contribution < 1.29 is 13.2 Å². The number of rotatable bonds is 4. The van der Waals surface area contributed by atoms with Gasteiger partial charge in [0.1, 0.15) is 5.75 Å². The van der Waals surface area contributed by atoms with Crippen molar-refractivity contribution in [3.63, 3.8) is 0 Å². The van der Waals surface area contributed by atoms with Gasteiger partial charge < -0.3 is 9.72 Å². The number of sulfonamides is 1. The van der Waals surface area contributed by atoms with Crippen LogP contribution in [0, 0.1) is 6.92 Å². The highest BCUT2D eigenvalue weighted by atomic mass is 32.2. The maximum Gasteiger partial charge on any atom is 0.262 e. The Bertz CT molecular complexity index is 1060. The van der Waals surface area contributed by atoms with Crippen molar-refractivity contribution in [1.29, 1.82) is 0 Å². The molecule has 2 aromatic carbocycles. The van der Waals surface area contributed by atoms with Gasteiger partial charge in [0.05, 0.1) is 17.5 Å². The third-order valence-electron chi connectivity index (χ3n) is 3.65. The van der Waals surface area contributed by atoms with Crippen LogP contribution in [-0.2, 0) is 10.0 Å². The van der Waals surface area contributed by atoms with Crippen LogP contribution in [0.4, 0.5) is 5.69 Å². The Morgan fingerprint density at radius 1 is 1.08 bits per heavy atom. The summed E-state index contributed by atoms with van der Waals surface area (Å²) in [7, 11) is -2.36. The molecule has 0 spiro atoms. The molecule has 0 saturated heterocycles. The molecule has 1 heterocycles. The number of hydrogen-bond acceptors (Lipinski definition) is 4. The molecule has 0 bridgehead atoms. The molecule has 0 aliphatic rings. The van der Waals surface area contributed by atoms with Crippen molar-refractivity contribution in [3.05, 3.63) is 64.4 Å². The molecule has 1 aromatic heterocycles. The van der Waals surface area contributed by atoms with Crippen molar-refractivity contribution in [2.45, 2.75) is 11.8 Å². The second kappa shape index (κ2) is 6.01. The molecule has 0 amide bonds. The van der Waals surface area contributed by atoms with Gasteiger partial charge in [0.2, 0.25) is 5.56 Å². The SMILES string of the molecule is COc1cc(S(=O)(=O)Nc2ccccc2)cc2c(C)cc(=O)[nH]c12. The number of aryl methyl sites for hydroxylation is 1. The van der Waals surface area contributed by atoms with Gasteiger partial charge in [-0.05, 0) is 30.7 Å². The third kappa shape index (κ3) is 2.98. The molecule has 24 heavy (non-hydrogen) atoms. The number of pyridine rings is 1. The Morgan fingerprint density at radius 2 is 1.79 bits per heavy atom. The minimum absolute atomic E-state index is 0.0610. The lowest BCUT2D eigenvalue weighted by Crippen LogP contribution is -2.14. The summed E-state index contributed by atoms with van der Waals surface area (Å²) in [4.78, 5) is 14.4. The first-order valence-electron chi connectivity index (χ1n) is 7.20. The molecule has 7 heteroatoms. The second-order valence-corrected chi connectivity index (χ2v) is 7.02. The molecule has 3 rings (SSSR count). The van der Waals surface area contributed by atoms with Gasteiger partial charge in [-0.1, -0.05) is 18.2 Å². The lowest BCUT2D eigenvalue weighted by atomic mass is 10.1. The van der Waals surface area contributed by atoms with Crippen molar-refractivity contribution >= 4 is 26.6 Å². The molecule has 0 unspecified atom stereocenters. The number of nitrogens with one attached hydrogen (secondary N) is 2. The number of para-hydroxylation sites is 1. The lowest BCUT2D eigenvalue weighted by Gasteiger charge is -2.12. The van der Waals surface area contributed by atoms with Gasteiger partial charge in [0.25, 0.3) is 10.0 Å². The molecule has 0 fully saturated rings. The monoisotopic (exact) mass is 344 g/mol. The average Bonchev–Trinajstić information content (AvgIpc) is 2.54. The standard InChI is InChI=1S/C17H16N2O4S/c1-11-8-16(20)18-17-14(11)9-13(10-15(17)23-2)24(21,22)19-12-6-4-3-5-7-12/h3-10,19H,1-2H3,(H,18,20). The van der Waals surface area contributed by atoms with Crippen LogP contribution in [0.2, 0.25) is 0 Å². The van der Waals surface area contributed by atoms with Gasteiger partial charge in [0.15, 0.2) is 0 Å². The van der Waals surface area contributed by atoms with Crippen LogP contribution in [0.5, 0.6) is 5.75 Å². The molecule has 0 radical (unpaired) electrons. The van der Waals surface area contributed by atoms with Gasteiger partial charge in [0, 0.05) is 23.2 Å². The van der Waals surface area contributed by atoms with E-state index in [0.29, 0.717) is 27.9 Å². The number of aromatic amines is 1. The highest BCUT2D eigenvalue weighted by molar-refractivity contribution is 7.92. The smallest absolute Gasteiger partial charge is 0.262 e. The molecule has 0 aliphatic carbocycles. The van der Waals surface area contributed by atoms with Crippen LogP contribution in [0.1, 0.15) is 5.56 Å². The summed E-state index contributed by atoms with van der Waals surface area (Å²) in [6.07, 6.45) is 0. The largest absolute Gasteiger partial charge is 0.495 e. The van der Waals surface area contributed by atoms with Gasteiger partial charge >= 0.3 is 0 Å². The zero-order chi connectivity index (χ0) is 17.3. The van der Waals surface area contributed by atoms with Gasteiger partial charge in [-0.25, -0.2) is 8.42 Å². The predicted octanol–water partition coefficient (Wildman–Crippen LogP) is 2.65. The first kappa shape index (κ1) is 16.1. The second-order valence-electron chi connectivity index (χ2n) is 5.34. The molecule has 0 atom stereocenters. The first-order chi connectivity index (χ1) is 11.4. The number of benzene rings is 2. The fourth-order valence-corrected chi connectivity index (χ4v) is 3.60. The topological polar surface area (TPSA) is 88.3 Å². The summed E-state index contributed by atoms with van der Waals surface area (Å²) >= 11 is 0. The Morgan fingerprint density at radius 3 is 2.46 bits per heavy atom. The van der Waals surface area contributed by atoms with Gasteiger partial charge in [-0.15, -0.1) is 0 Å². The zero-order valence-electron chi connectivity index (χ0n) is 13.2. The molecule has 0 aliphatic heterocycles. The van der Waals surface area contributed by atoms with E-state index in [0.717, 1.165) is 0 Å².